The highest BCUT2D eigenvalue weighted by Gasteiger charge is 2.10. The molecule has 0 bridgehead atoms. The Morgan fingerprint density at radius 3 is 2.67 bits per heavy atom. The van der Waals surface area contributed by atoms with E-state index in [1.54, 1.807) is 24.3 Å². The Morgan fingerprint density at radius 1 is 1.27 bits per heavy atom. The molecule has 0 saturated carbocycles. The van der Waals surface area contributed by atoms with Crippen molar-refractivity contribution in [2.45, 2.75) is 32.9 Å². The van der Waals surface area contributed by atoms with Gasteiger partial charge in [0, 0.05) is 18.7 Å². The third-order valence-corrected chi connectivity index (χ3v) is 4.87. The maximum atomic E-state index is 12.6. The largest absolute Gasteiger partial charge is 0.491 e. The Kier molecular flexibility index (Phi) is 6.84. The number of aromatic amines is 1. The number of aromatic nitrogens is 2. The summed E-state index contributed by atoms with van der Waals surface area (Å²) in [5.41, 5.74) is 1.91. The molecule has 0 unspecified atom stereocenters. The van der Waals surface area contributed by atoms with Crippen molar-refractivity contribution in [2.24, 2.45) is 0 Å². The van der Waals surface area contributed by atoms with E-state index in [1.807, 2.05) is 38.1 Å². The molecule has 30 heavy (non-hydrogen) atoms. The molecule has 0 saturated heterocycles. The quantitative estimate of drug-likeness (QED) is 0.424. The third kappa shape index (κ3) is 5.04. The summed E-state index contributed by atoms with van der Waals surface area (Å²) in [6.45, 7) is 8.44. The standard InChI is InChI=1S/C23H25N3O3S/c1-4-13-26-22(28)19-10-7-17(14-20(19)25-23(26)30)21(27)24-12-11-16-5-8-18(9-6-16)29-15(2)3/h4-10,14-15H,1,11-13H2,2-3H3,(H,24,27)(H,25,30). The summed E-state index contributed by atoms with van der Waals surface area (Å²) in [6, 6.07) is 12.8. The number of amides is 1. The summed E-state index contributed by atoms with van der Waals surface area (Å²) in [6.07, 6.45) is 2.45. The van der Waals surface area contributed by atoms with Gasteiger partial charge in [0.15, 0.2) is 4.77 Å². The van der Waals surface area contributed by atoms with Crippen LogP contribution >= 0.6 is 12.2 Å². The first-order chi connectivity index (χ1) is 14.4. The number of carbonyl (C=O) groups excluding carboxylic acids is 1. The van der Waals surface area contributed by atoms with Crippen molar-refractivity contribution in [3.8, 4) is 5.75 Å². The van der Waals surface area contributed by atoms with Crippen molar-refractivity contribution >= 4 is 29.0 Å². The van der Waals surface area contributed by atoms with E-state index < -0.39 is 0 Å². The van der Waals surface area contributed by atoms with E-state index in [4.69, 9.17) is 17.0 Å². The molecular formula is C23H25N3O3S. The number of rotatable bonds is 8. The van der Waals surface area contributed by atoms with Crippen molar-refractivity contribution in [3.63, 3.8) is 0 Å². The van der Waals surface area contributed by atoms with Gasteiger partial charge in [0.2, 0.25) is 0 Å². The molecule has 6 nitrogen and oxygen atoms in total. The zero-order valence-electron chi connectivity index (χ0n) is 17.1. The maximum Gasteiger partial charge on any atom is 0.262 e. The molecule has 2 N–H and O–H groups in total. The first kappa shape index (κ1) is 21.5. The van der Waals surface area contributed by atoms with E-state index >= 15 is 0 Å². The second-order valence-electron chi connectivity index (χ2n) is 7.21. The van der Waals surface area contributed by atoms with E-state index in [-0.39, 0.29) is 17.6 Å². The number of nitrogens with zero attached hydrogens (tertiary/aromatic N) is 1. The summed E-state index contributed by atoms with van der Waals surface area (Å²) in [7, 11) is 0. The van der Waals surface area contributed by atoms with Crippen molar-refractivity contribution in [2.75, 3.05) is 6.54 Å². The van der Waals surface area contributed by atoms with Crippen LogP contribution in [0, 0.1) is 4.77 Å². The van der Waals surface area contributed by atoms with Gasteiger partial charge in [-0.15, -0.1) is 6.58 Å². The fraction of sp³-hybridized carbons (Fsp3) is 0.261. The zero-order chi connectivity index (χ0) is 21.7. The smallest absolute Gasteiger partial charge is 0.262 e. The van der Waals surface area contributed by atoms with Gasteiger partial charge in [-0.25, -0.2) is 0 Å². The van der Waals surface area contributed by atoms with E-state index in [0.717, 1.165) is 11.3 Å². The summed E-state index contributed by atoms with van der Waals surface area (Å²) in [5, 5.41) is 3.39. The van der Waals surface area contributed by atoms with E-state index in [0.29, 0.717) is 40.7 Å². The van der Waals surface area contributed by atoms with Crippen LogP contribution in [0.15, 0.2) is 59.9 Å². The van der Waals surface area contributed by atoms with Gasteiger partial charge in [-0.1, -0.05) is 18.2 Å². The lowest BCUT2D eigenvalue weighted by atomic mass is 10.1. The van der Waals surface area contributed by atoms with Crippen LogP contribution in [0.4, 0.5) is 0 Å². The van der Waals surface area contributed by atoms with Gasteiger partial charge in [0.05, 0.1) is 17.0 Å². The predicted octanol–water partition coefficient (Wildman–Crippen LogP) is 4.00. The minimum absolute atomic E-state index is 0.135. The Balaban J connectivity index is 1.66. The van der Waals surface area contributed by atoms with Gasteiger partial charge < -0.3 is 15.0 Å². The van der Waals surface area contributed by atoms with Gasteiger partial charge in [-0.2, -0.15) is 0 Å². The minimum Gasteiger partial charge on any atom is -0.491 e. The van der Waals surface area contributed by atoms with E-state index in [9.17, 15) is 9.59 Å². The molecule has 1 aromatic heterocycles. The fourth-order valence-corrected chi connectivity index (χ4v) is 3.39. The van der Waals surface area contributed by atoms with E-state index in [1.165, 1.54) is 4.57 Å². The normalized spacial score (nSPS) is 10.9. The molecule has 0 aliphatic rings. The number of hydrogen-bond donors (Lipinski definition) is 2. The van der Waals surface area contributed by atoms with Crippen LogP contribution in [0.1, 0.15) is 29.8 Å². The van der Waals surface area contributed by atoms with Crippen LogP contribution in [0.25, 0.3) is 10.9 Å². The van der Waals surface area contributed by atoms with Crippen LogP contribution in [0.2, 0.25) is 0 Å². The highest BCUT2D eigenvalue weighted by molar-refractivity contribution is 7.71. The minimum atomic E-state index is -0.203. The zero-order valence-corrected chi connectivity index (χ0v) is 17.9. The van der Waals surface area contributed by atoms with Gasteiger partial charge in [0.1, 0.15) is 5.75 Å². The molecule has 0 spiro atoms. The molecule has 0 fully saturated rings. The molecule has 156 valence electrons. The summed E-state index contributed by atoms with van der Waals surface area (Å²) in [5.74, 6) is 0.629. The lowest BCUT2D eigenvalue weighted by Crippen LogP contribution is -2.26. The number of ether oxygens (including phenoxy) is 1. The average molecular weight is 424 g/mol. The van der Waals surface area contributed by atoms with Crippen LogP contribution in [0.5, 0.6) is 5.75 Å². The molecular weight excluding hydrogens is 398 g/mol. The number of benzene rings is 2. The molecule has 0 atom stereocenters. The second kappa shape index (κ2) is 9.54. The summed E-state index contributed by atoms with van der Waals surface area (Å²) < 4.78 is 7.37. The molecule has 3 aromatic rings. The Morgan fingerprint density at radius 2 is 2.00 bits per heavy atom. The SMILES string of the molecule is C=CCn1c(=S)[nH]c2cc(C(=O)NCCc3ccc(OC(C)C)cc3)ccc2c1=O. The molecule has 3 rings (SSSR count). The molecule has 1 heterocycles. The number of allylic oxidation sites excluding steroid dienone is 1. The number of H-pyrrole nitrogens is 1. The van der Waals surface area contributed by atoms with Crippen LogP contribution < -0.4 is 15.6 Å². The van der Waals surface area contributed by atoms with Gasteiger partial charge in [0.25, 0.3) is 11.5 Å². The van der Waals surface area contributed by atoms with Crippen LogP contribution in [-0.4, -0.2) is 28.1 Å². The number of fused-ring (bicyclic) bond motifs is 1. The molecule has 0 aliphatic heterocycles. The topological polar surface area (TPSA) is 76.1 Å². The number of hydrogen-bond acceptors (Lipinski definition) is 4. The second-order valence-corrected chi connectivity index (χ2v) is 7.60. The van der Waals surface area contributed by atoms with Crippen LogP contribution in [-0.2, 0) is 13.0 Å². The van der Waals surface area contributed by atoms with Crippen molar-refractivity contribution < 1.29 is 9.53 Å². The van der Waals surface area contributed by atoms with Crippen molar-refractivity contribution in [3.05, 3.63) is 81.4 Å². The highest BCUT2D eigenvalue weighted by atomic mass is 32.1. The van der Waals surface area contributed by atoms with Gasteiger partial charge in [-0.05, 0) is 68.4 Å². The summed E-state index contributed by atoms with van der Waals surface area (Å²) >= 11 is 5.25. The molecule has 2 aromatic carbocycles. The molecule has 0 radical (unpaired) electrons. The molecule has 1 amide bonds. The van der Waals surface area contributed by atoms with E-state index in [2.05, 4.69) is 16.9 Å². The Hall–Kier alpha value is -3.19. The third-order valence-electron chi connectivity index (χ3n) is 4.55. The summed E-state index contributed by atoms with van der Waals surface area (Å²) in [4.78, 5) is 28.1. The lowest BCUT2D eigenvalue weighted by Gasteiger charge is -2.10. The number of nitrogens with one attached hydrogen (secondary N) is 2. The van der Waals surface area contributed by atoms with Gasteiger partial charge >= 0.3 is 0 Å². The highest BCUT2D eigenvalue weighted by Crippen LogP contribution is 2.14. The maximum absolute atomic E-state index is 12.6. The lowest BCUT2D eigenvalue weighted by molar-refractivity contribution is 0.0954. The van der Waals surface area contributed by atoms with Gasteiger partial charge in [-0.3, -0.25) is 14.2 Å². The first-order valence-corrected chi connectivity index (χ1v) is 10.2. The Labute approximate surface area is 180 Å². The van der Waals surface area contributed by atoms with Crippen molar-refractivity contribution in [1.29, 1.82) is 0 Å². The average Bonchev–Trinajstić information content (AvgIpc) is 2.71. The molecule has 7 heteroatoms. The predicted molar refractivity (Wildman–Crippen MR) is 122 cm³/mol. The molecule has 0 aliphatic carbocycles. The number of carbonyl (C=O) groups is 1. The monoisotopic (exact) mass is 423 g/mol. The van der Waals surface area contributed by atoms with Crippen LogP contribution in [0.3, 0.4) is 0 Å². The first-order valence-electron chi connectivity index (χ1n) is 9.80. The Bertz CT molecular complexity index is 1180. The fourth-order valence-electron chi connectivity index (χ4n) is 3.12. The van der Waals surface area contributed by atoms with Crippen molar-refractivity contribution in [1.82, 2.24) is 14.9 Å².